The van der Waals surface area contributed by atoms with E-state index in [2.05, 4.69) is 0 Å². The fourth-order valence-electron chi connectivity index (χ4n) is 3.35. The second-order valence-electron chi connectivity index (χ2n) is 7.68. The van der Waals surface area contributed by atoms with Gasteiger partial charge in [0, 0.05) is 45.1 Å². The fraction of sp³-hybridized carbons (Fsp3) is 0.500. The zero-order chi connectivity index (χ0) is 21.9. The van der Waals surface area contributed by atoms with Gasteiger partial charge in [-0.05, 0) is 37.5 Å². The molecule has 0 saturated carbocycles. The van der Waals surface area contributed by atoms with Gasteiger partial charge in [-0.3, -0.25) is 9.59 Å². The van der Waals surface area contributed by atoms with Crippen molar-refractivity contribution in [3.05, 3.63) is 59.9 Å². The molecular formula is C24H35N3O3. The van der Waals surface area contributed by atoms with Crippen molar-refractivity contribution in [3.8, 4) is 0 Å². The van der Waals surface area contributed by atoms with Crippen LogP contribution < -0.4 is 0 Å². The van der Waals surface area contributed by atoms with Crippen molar-refractivity contribution in [2.75, 3.05) is 26.8 Å². The van der Waals surface area contributed by atoms with Gasteiger partial charge < -0.3 is 19.1 Å². The van der Waals surface area contributed by atoms with Gasteiger partial charge in [0.1, 0.15) is 6.54 Å². The molecule has 2 aromatic rings. The molecule has 0 spiro atoms. The molecule has 2 amide bonds. The van der Waals surface area contributed by atoms with E-state index in [0.717, 1.165) is 17.7 Å². The molecule has 2 rings (SSSR count). The van der Waals surface area contributed by atoms with Gasteiger partial charge in [-0.2, -0.15) is 0 Å². The van der Waals surface area contributed by atoms with Crippen LogP contribution in [0.25, 0.3) is 0 Å². The van der Waals surface area contributed by atoms with Crippen molar-refractivity contribution in [2.24, 2.45) is 7.05 Å². The lowest BCUT2D eigenvalue weighted by Crippen LogP contribution is -2.47. The van der Waals surface area contributed by atoms with Crippen molar-refractivity contribution in [2.45, 2.75) is 45.7 Å². The first-order valence-electron chi connectivity index (χ1n) is 10.7. The van der Waals surface area contributed by atoms with Gasteiger partial charge in [-0.1, -0.05) is 37.3 Å². The monoisotopic (exact) mass is 413 g/mol. The van der Waals surface area contributed by atoms with E-state index in [4.69, 9.17) is 4.74 Å². The van der Waals surface area contributed by atoms with Crippen molar-refractivity contribution in [1.82, 2.24) is 14.4 Å². The number of ether oxygens (including phenoxy) is 1. The molecule has 1 aromatic heterocycles. The Morgan fingerprint density at radius 1 is 1.10 bits per heavy atom. The second kappa shape index (κ2) is 12.2. The maximum absolute atomic E-state index is 13.2. The van der Waals surface area contributed by atoms with Crippen LogP contribution in [0.4, 0.5) is 0 Å². The number of carbonyl (C=O) groups excluding carboxylic acids is 2. The predicted molar refractivity (Wildman–Crippen MR) is 119 cm³/mol. The standard InChI is InChI=1S/C24H35N3O3/c1-5-20(2)27(23(28)14-13-21-10-7-6-8-11-21)19-24(29)26(16-17-30-4)18-22-12-9-15-25(22)3/h6-12,15,20H,5,13-14,16-19H2,1-4H3. The van der Waals surface area contributed by atoms with Gasteiger partial charge in [-0.15, -0.1) is 0 Å². The van der Waals surface area contributed by atoms with Crippen LogP contribution in [-0.2, 0) is 34.3 Å². The van der Waals surface area contributed by atoms with Crippen LogP contribution in [0.1, 0.15) is 37.9 Å². The third-order valence-electron chi connectivity index (χ3n) is 5.54. The normalized spacial score (nSPS) is 11.9. The van der Waals surface area contributed by atoms with Crippen molar-refractivity contribution in [1.29, 1.82) is 0 Å². The molecule has 0 aliphatic heterocycles. The van der Waals surface area contributed by atoms with E-state index in [9.17, 15) is 9.59 Å². The molecule has 1 aromatic carbocycles. The number of amides is 2. The van der Waals surface area contributed by atoms with E-state index < -0.39 is 0 Å². The molecule has 30 heavy (non-hydrogen) atoms. The van der Waals surface area contributed by atoms with Crippen LogP contribution >= 0.6 is 0 Å². The molecule has 0 aliphatic carbocycles. The SMILES string of the molecule is CCC(C)N(CC(=O)N(CCOC)Cc1cccn1C)C(=O)CCc1ccccc1. The summed E-state index contributed by atoms with van der Waals surface area (Å²) in [5.74, 6) is -0.0336. The lowest BCUT2D eigenvalue weighted by atomic mass is 10.1. The average Bonchev–Trinajstić information content (AvgIpc) is 3.17. The lowest BCUT2D eigenvalue weighted by Gasteiger charge is -2.31. The Bertz CT molecular complexity index is 788. The molecule has 0 radical (unpaired) electrons. The lowest BCUT2D eigenvalue weighted by molar-refractivity contribution is -0.143. The number of aryl methyl sites for hydroxylation is 2. The van der Waals surface area contributed by atoms with Gasteiger partial charge >= 0.3 is 0 Å². The first-order valence-corrected chi connectivity index (χ1v) is 10.7. The fourth-order valence-corrected chi connectivity index (χ4v) is 3.35. The van der Waals surface area contributed by atoms with Gasteiger partial charge in [0.05, 0.1) is 13.2 Å². The molecule has 6 heteroatoms. The molecule has 6 nitrogen and oxygen atoms in total. The number of aromatic nitrogens is 1. The zero-order valence-corrected chi connectivity index (χ0v) is 18.7. The van der Waals surface area contributed by atoms with Gasteiger partial charge in [0.2, 0.25) is 11.8 Å². The average molecular weight is 414 g/mol. The number of benzene rings is 1. The van der Waals surface area contributed by atoms with E-state index >= 15 is 0 Å². The Kier molecular flexibility index (Phi) is 9.61. The van der Waals surface area contributed by atoms with E-state index in [1.165, 1.54) is 0 Å². The van der Waals surface area contributed by atoms with Gasteiger partial charge in [0.25, 0.3) is 0 Å². The van der Waals surface area contributed by atoms with E-state index in [1.54, 1.807) is 16.9 Å². The van der Waals surface area contributed by atoms with Gasteiger partial charge in [0.15, 0.2) is 0 Å². The molecule has 0 bridgehead atoms. The number of methoxy groups -OCH3 is 1. The Balaban J connectivity index is 2.06. The third-order valence-corrected chi connectivity index (χ3v) is 5.54. The Hall–Kier alpha value is -2.60. The molecule has 0 fully saturated rings. The largest absolute Gasteiger partial charge is 0.383 e. The van der Waals surface area contributed by atoms with E-state index in [-0.39, 0.29) is 24.4 Å². The van der Waals surface area contributed by atoms with Crippen LogP contribution in [0, 0.1) is 0 Å². The highest BCUT2D eigenvalue weighted by atomic mass is 16.5. The Morgan fingerprint density at radius 3 is 2.43 bits per heavy atom. The van der Waals surface area contributed by atoms with Crippen LogP contribution in [-0.4, -0.2) is 59.0 Å². The number of hydrogen-bond donors (Lipinski definition) is 0. The topological polar surface area (TPSA) is 54.8 Å². The number of rotatable bonds is 12. The molecule has 1 unspecified atom stereocenters. The Labute approximate surface area is 180 Å². The molecule has 1 atom stereocenters. The summed E-state index contributed by atoms with van der Waals surface area (Å²) >= 11 is 0. The van der Waals surface area contributed by atoms with Gasteiger partial charge in [-0.25, -0.2) is 0 Å². The minimum atomic E-state index is -0.0541. The molecule has 0 aliphatic rings. The summed E-state index contributed by atoms with van der Waals surface area (Å²) in [6.45, 7) is 5.59. The molecule has 164 valence electrons. The molecule has 0 saturated heterocycles. The number of hydrogen-bond acceptors (Lipinski definition) is 3. The van der Waals surface area contributed by atoms with E-state index in [1.807, 2.05) is 74.1 Å². The molecule has 0 N–H and O–H groups in total. The first kappa shape index (κ1) is 23.7. The summed E-state index contributed by atoms with van der Waals surface area (Å²) in [5.41, 5.74) is 2.18. The highest BCUT2D eigenvalue weighted by Crippen LogP contribution is 2.12. The maximum atomic E-state index is 13.2. The predicted octanol–water partition coefficient (Wildman–Crippen LogP) is 3.26. The Morgan fingerprint density at radius 2 is 1.83 bits per heavy atom. The smallest absolute Gasteiger partial charge is 0.242 e. The first-order chi connectivity index (χ1) is 14.5. The molecular weight excluding hydrogens is 378 g/mol. The quantitative estimate of drug-likeness (QED) is 0.537. The third kappa shape index (κ3) is 7.02. The van der Waals surface area contributed by atoms with Crippen molar-refractivity contribution < 1.29 is 14.3 Å². The number of nitrogens with zero attached hydrogens (tertiary/aromatic N) is 3. The second-order valence-corrected chi connectivity index (χ2v) is 7.68. The summed E-state index contributed by atoms with van der Waals surface area (Å²) in [4.78, 5) is 29.7. The minimum Gasteiger partial charge on any atom is -0.383 e. The van der Waals surface area contributed by atoms with Crippen molar-refractivity contribution in [3.63, 3.8) is 0 Å². The van der Waals surface area contributed by atoms with Crippen LogP contribution in [0.5, 0.6) is 0 Å². The van der Waals surface area contributed by atoms with E-state index in [0.29, 0.717) is 32.5 Å². The minimum absolute atomic E-state index is 0.0107. The van der Waals surface area contributed by atoms with Crippen LogP contribution in [0.2, 0.25) is 0 Å². The summed E-state index contributed by atoms with van der Waals surface area (Å²) in [6.07, 6.45) is 3.85. The summed E-state index contributed by atoms with van der Waals surface area (Å²) < 4.78 is 7.20. The summed E-state index contributed by atoms with van der Waals surface area (Å²) in [6, 6.07) is 14.0. The zero-order valence-electron chi connectivity index (χ0n) is 18.7. The van der Waals surface area contributed by atoms with Crippen LogP contribution in [0.15, 0.2) is 48.7 Å². The summed E-state index contributed by atoms with van der Waals surface area (Å²) in [7, 11) is 3.59. The maximum Gasteiger partial charge on any atom is 0.242 e. The van der Waals surface area contributed by atoms with Crippen LogP contribution in [0.3, 0.4) is 0 Å². The highest BCUT2D eigenvalue weighted by molar-refractivity contribution is 5.85. The molecule has 1 heterocycles. The number of carbonyl (C=O) groups is 2. The summed E-state index contributed by atoms with van der Waals surface area (Å²) in [5, 5.41) is 0. The highest BCUT2D eigenvalue weighted by Gasteiger charge is 2.25. The van der Waals surface area contributed by atoms with Crippen molar-refractivity contribution >= 4 is 11.8 Å².